The summed E-state index contributed by atoms with van der Waals surface area (Å²) in [5, 5.41) is 6.54. The maximum Gasteiger partial charge on any atom is 0.165 e. The monoisotopic (exact) mass is 579 g/mol. The lowest BCUT2D eigenvalue weighted by Crippen LogP contribution is -2.01. The van der Waals surface area contributed by atoms with Gasteiger partial charge >= 0.3 is 0 Å². The Hall–Kier alpha value is -5.61. The number of para-hydroxylation sites is 1. The predicted octanol–water partition coefficient (Wildman–Crippen LogP) is 11.0. The molecule has 0 fully saturated rings. The summed E-state index contributed by atoms with van der Waals surface area (Å²) in [5.41, 5.74) is 7.33. The summed E-state index contributed by atoms with van der Waals surface area (Å²) < 4.78 is 6.40. The number of rotatable bonds is 4. The predicted molar refractivity (Wildman–Crippen MR) is 185 cm³/mol. The maximum atomic E-state index is 6.40. The van der Waals surface area contributed by atoms with Crippen LogP contribution in [0.5, 0.6) is 0 Å². The van der Waals surface area contributed by atoms with Gasteiger partial charge in [0.25, 0.3) is 0 Å². The average Bonchev–Trinajstić information content (AvgIpc) is 3.48. The van der Waals surface area contributed by atoms with E-state index in [0.717, 1.165) is 67.6 Å². The van der Waals surface area contributed by atoms with Gasteiger partial charge in [0.1, 0.15) is 11.2 Å². The molecule has 2 heterocycles. The molecular formula is C41H29N3O. The number of aromatic nitrogens is 3. The fraction of sp³-hybridized carbons (Fsp3) is 0.0976. The highest BCUT2D eigenvalue weighted by Gasteiger charge is 2.21. The van der Waals surface area contributed by atoms with E-state index < -0.39 is 0 Å². The highest BCUT2D eigenvalue weighted by molar-refractivity contribution is 6.20. The number of nitrogens with zero attached hydrogens (tertiary/aromatic N) is 3. The zero-order chi connectivity index (χ0) is 29.7. The number of furan rings is 1. The second-order valence-corrected chi connectivity index (χ2v) is 11.8. The molecule has 6 aromatic carbocycles. The summed E-state index contributed by atoms with van der Waals surface area (Å²) in [5.74, 6) is 1.93. The summed E-state index contributed by atoms with van der Waals surface area (Å²) in [6.45, 7) is 0. The third kappa shape index (κ3) is 4.41. The van der Waals surface area contributed by atoms with Gasteiger partial charge in [0.2, 0.25) is 0 Å². The van der Waals surface area contributed by atoms with Gasteiger partial charge in [-0.3, -0.25) is 0 Å². The zero-order valence-corrected chi connectivity index (χ0v) is 24.7. The summed E-state index contributed by atoms with van der Waals surface area (Å²) in [6.07, 6.45) is 7.25. The maximum absolute atomic E-state index is 6.40. The van der Waals surface area contributed by atoms with Gasteiger partial charge < -0.3 is 4.42 Å². The fourth-order valence-electron chi connectivity index (χ4n) is 6.89. The van der Waals surface area contributed by atoms with Crippen LogP contribution in [0.1, 0.15) is 31.2 Å². The van der Waals surface area contributed by atoms with Gasteiger partial charge in [-0.2, -0.15) is 0 Å². The SMILES string of the molecule is C1=C(c2ccc3c(-c4nc(-c5ccccc5)nc(-c5c6ccccc6cc6oc7ccccc7c56)n4)cccc3c2)CCCC1. The van der Waals surface area contributed by atoms with Crippen LogP contribution in [0.25, 0.3) is 83.2 Å². The summed E-state index contributed by atoms with van der Waals surface area (Å²) in [7, 11) is 0. The van der Waals surface area contributed by atoms with Gasteiger partial charge in [-0.05, 0) is 76.6 Å². The second-order valence-electron chi connectivity index (χ2n) is 11.8. The number of allylic oxidation sites excluding steroid dienone is 2. The highest BCUT2D eigenvalue weighted by Crippen LogP contribution is 2.42. The van der Waals surface area contributed by atoms with E-state index in [-0.39, 0.29) is 0 Å². The van der Waals surface area contributed by atoms with Gasteiger partial charge in [0.05, 0.1) is 0 Å². The minimum absolute atomic E-state index is 0.633. The zero-order valence-electron chi connectivity index (χ0n) is 24.7. The normalized spacial score (nSPS) is 13.6. The lowest BCUT2D eigenvalue weighted by atomic mass is 9.91. The molecule has 0 bridgehead atoms. The highest BCUT2D eigenvalue weighted by atomic mass is 16.3. The molecule has 1 aliphatic carbocycles. The molecular weight excluding hydrogens is 550 g/mol. The van der Waals surface area contributed by atoms with E-state index in [1.165, 1.54) is 29.4 Å². The summed E-state index contributed by atoms with van der Waals surface area (Å²) >= 11 is 0. The Morgan fingerprint density at radius 2 is 1.27 bits per heavy atom. The van der Waals surface area contributed by atoms with Crippen LogP contribution in [0.15, 0.2) is 132 Å². The molecule has 45 heavy (non-hydrogen) atoms. The largest absolute Gasteiger partial charge is 0.456 e. The van der Waals surface area contributed by atoms with E-state index in [0.29, 0.717) is 17.5 Å². The van der Waals surface area contributed by atoms with Gasteiger partial charge in [0.15, 0.2) is 17.5 Å². The van der Waals surface area contributed by atoms with Gasteiger partial charge in [-0.1, -0.05) is 109 Å². The molecule has 0 radical (unpaired) electrons. The van der Waals surface area contributed by atoms with Crippen LogP contribution in [0.4, 0.5) is 0 Å². The van der Waals surface area contributed by atoms with Crippen molar-refractivity contribution in [1.82, 2.24) is 15.0 Å². The number of fused-ring (bicyclic) bond motifs is 5. The molecule has 0 amide bonds. The molecule has 1 aliphatic rings. The first-order valence-electron chi connectivity index (χ1n) is 15.7. The Balaban J connectivity index is 1.33. The van der Waals surface area contributed by atoms with E-state index in [1.807, 2.05) is 30.3 Å². The van der Waals surface area contributed by atoms with Crippen LogP contribution < -0.4 is 0 Å². The van der Waals surface area contributed by atoms with Crippen molar-refractivity contribution in [3.8, 4) is 34.2 Å². The van der Waals surface area contributed by atoms with Crippen LogP contribution in [-0.2, 0) is 0 Å². The Labute approximate surface area is 260 Å². The van der Waals surface area contributed by atoms with Crippen molar-refractivity contribution in [2.75, 3.05) is 0 Å². The Morgan fingerprint density at radius 1 is 0.511 bits per heavy atom. The van der Waals surface area contributed by atoms with Crippen molar-refractivity contribution in [3.63, 3.8) is 0 Å². The molecule has 9 rings (SSSR count). The molecule has 0 aliphatic heterocycles. The van der Waals surface area contributed by atoms with E-state index in [2.05, 4.69) is 97.1 Å². The van der Waals surface area contributed by atoms with Crippen LogP contribution in [0.3, 0.4) is 0 Å². The van der Waals surface area contributed by atoms with Crippen molar-refractivity contribution < 1.29 is 4.42 Å². The van der Waals surface area contributed by atoms with E-state index in [1.54, 1.807) is 0 Å². The standard InChI is InChI=1S/C41H29N3O/c1-3-12-26(13-4-1)28-22-23-31-29(24-28)17-11-20-33(31)40-42-39(27-14-5-2-6-15-27)43-41(44-40)38-32-18-8-7-16-30(32)25-36-37(38)34-19-9-10-21-35(34)45-36/h2,5-12,14-25H,1,3-4,13H2. The Morgan fingerprint density at radius 3 is 2.16 bits per heavy atom. The molecule has 0 saturated carbocycles. The molecule has 4 nitrogen and oxygen atoms in total. The van der Waals surface area contributed by atoms with E-state index in [9.17, 15) is 0 Å². The molecule has 4 heteroatoms. The van der Waals surface area contributed by atoms with Crippen LogP contribution in [0.2, 0.25) is 0 Å². The smallest absolute Gasteiger partial charge is 0.165 e. The van der Waals surface area contributed by atoms with Crippen molar-refractivity contribution in [3.05, 3.63) is 133 Å². The minimum atomic E-state index is 0.633. The molecule has 214 valence electrons. The summed E-state index contributed by atoms with van der Waals surface area (Å²) in [4.78, 5) is 15.6. The molecule has 0 spiro atoms. The first-order valence-corrected chi connectivity index (χ1v) is 15.7. The Bertz CT molecular complexity index is 2440. The molecule has 0 saturated heterocycles. The van der Waals surface area contributed by atoms with Gasteiger partial charge in [-0.15, -0.1) is 0 Å². The lowest BCUT2D eigenvalue weighted by molar-refractivity contribution is 0.669. The molecule has 0 unspecified atom stereocenters. The molecule has 0 atom stereocenters. The fourth-order valence-corrected chi connectivity index (χ4v) is 6.89. The summed E-state index contributed by atoms with van der Waals surface area (Å²) in [6, 6.07) is 42.2. The van der Waals surface area contributed by atoms with Crippen molar-refractivity contribution in [2.45, 2.75) is 25.7 Å². The van der Waals surface area contributed by atoms with Crippen molar-refractivity contribution in [1.29, 1.82) is 0 Å². The number of hydrogen-bond acceptors (Lipinski definition) is 4. The third-order valence-electron chi connectivity index (χ3n) is 9.06. The minimum Gasteiger partial charge on any atom is -0.456 e. The van der Waals surface area contributed by atoms with E-state index in [4.69, 9.17) is 19.4 Å². The average molecular weight is 580 g/mol. The first kappa shape index (κ1) is 25.8. The lowest BCUT2D eigenvalue weighted by Gasteiger charge is -2.15. The quantitative estimate of drug-likeness (QED) is 0.208. The molecule has 0 N–H and O–H groups in total. The van der Waals surface area contributed by atoms with E-state index >= 15 is 0 Å². The number of hydrogen-bond donors (Lipinski definition) is 0. The van der Waals surface area contributed by atoms with Crippen LogP contribution in [-0.4, -0.2) is 15.0 Å². The number of benzene rings is 6. The van der Waals surface area contributed by atoms with Gasteiger partial charge in [-0.25, -0.2) is 15.0 Å². The first-order chi connectivity index (χ1) is 22.3. The van der Waals surface area contributed by atoms with Crippen molar-refractivity contribution >= 4 is 49.1 Å². The topological polar surface area (TPSA) is 51.8 Å². The van der Waals surface area contributed by atoms with Crippen LogP contribution >= 0.6 is 0 Å². The third-order valence-corrected chi connectivity index (χ3v) is 9.06. The molecule has 2 aromatic heterocycles. The Kier molecular flexibility index (Phi) is 6.05. The molecule has 8 aromatic rings. The van der Waals surface area contributed by atoms with Gasteiger partial charge in [0, 0.05) is 27.5 Å². The van der Waals surface area contributed by atoms with Crippen LogP contribution in [0, 0.1) is 0 Å². The van der Waals surface area contributed by atoms with Crippen molar-refractivity contribution in [2.24, 2.45) is 0 Å². The second kappa shape index (κ2) is 10.5.